The zero-order valence-corrected chi connectivity index (χ0v) is 14.0. The Morgan fingerprint density at radius 2 is 1.68 bits per heavy atom. The first-order chi connectivity index (χ1) is 11.8. The molecule has 1 aromatic heterocycles. The monoisotopic (exact) mass is 339 g/mol. The van der Waals surface area contributed by atoms with Crippen LogP contribution >= 0.6 is 0 Å². The quantitative estimate of drug-likeness (QED) is 0.676. The molecule has 0 saturated heterocycles. The lowest BCUT2D eigenvalue weighted by Crippen LogP contribution is -2.13. The van der Waals surface area contributed by atoms with Crippen molar-refractivity contribution in [2.45, 2.75) is 20.8 Å². The molecular weight excluding hydrogens is 322 g/mol. The summed E-state index contributed by atoms with van der Waals surface area (Å²) in [4.78, 5) is 25.3. The number of H-pyrrole nitrogens is 1. The molecule has 0 radical (unpaired) electrons. The van der Waals surface area contributed by atoms with Gasteiger partial charge in [-0.25, -0.2) is 4.79 Å². The molecule has 25 heavy (non-hydrogen) atoms. The van der Waals surface area contributed by atoms with Crippen LogP contribution in [-0.2, 0) is 0 Å². The number of carboxylic acids is 1. The highest BCUT2D eigenvalue weighted by Gasteiger charge is 2.17. The maximum absolute atomic E-state index is 12.0. The Labute approximate surface area is 143 Å². The second kappa shape index (κ2) is 5.98. The number of pyridine rings is 1. The van der Waals surface area contributed by atoms with Gasteiger partial charge in [0, 0.05) is 5.39 Å². The minimum atomic E-state index is -1.41. The van der Waals surface area contributed by atoms with E-state index in [9.17, 15) is 14.7 Å². The number of aromatic nitrogens is 1. The van der Waals surface area contributed by atoms with Gasteiger partial charge in [-0.3, -0.25) is 4.79 Å². The molecule has 0 aliphatic carbocycles. The van der Waals surface area contributed by atoms with Crippen molar-refractivity contribution in [2.24, 2.45) is 0 Å². The average molecular weight is 339 g/mol. The van der Waals surface area contributed by atoms with Gasteiger partial charge in [-0.1, -0.05) is 17.7 Å². The van der Waals surface area contributed by atoms with Crippen molar-refractivity contribution in [2.75, 3.05) is 0 Å². The maximum Gasteiger partial charge on any atom is 0.356 e. The predicted molar refractivity (Wildman–Crippen MR) is 93.9 cm³/mol. The summed E-state index contributed by atoms with van der Waals surface area (Å²) in [6.45, 7) is 5.86. The van der Waals surface area contributed by atoms with E-state index in [0.717, 1.165) is 16.7 Å². The summed E-state index contributed by atoms with van der Waals surface area (Å²) in [5.74, 6) is -0.814. The SMILES string of the molecule is Cc1cc(C)c(Oc2ccc3c(=O)[nH]c(C(=O)O)c(O)c3c2)c(C)c1. The van der Waals surface area contributed by atoms with Crippen molar-refractivity contribution in [3.63, 3.8) is 0 Å². The van der Waals surface area contributed by atoms with Crippen LogP contribution < -0.4 is 10.3 Å². The van der Waals surface area contributed by atoms with Gasteiger partial charge in [-0.05, 0) is 50.1 Å². The van der Waals surface area contributed by atoms with E-state index in [2.05, 4.69) is 4.98 Å². The summed E-state index contributed by atoms with van der Waals surface area (Å²) >= 11 is 0. The Morgan fingerprint density at radius 1 is 1.04 bits per heavy atom. The van der Waals surface area contributed by atoms with Crippen LogP contribution in [0.15, 0.2) is 35.1 Å². The maximum atomic E-state index is 12.0. The Morgan fingerprint density at radius 3 is 2.28 bits per heavy atom. The lowest BCUT2D eigenvalue weighted by Gasteiger charge is -2.13. The van der Waals surface area contributed by atoms with Crippen molar-refractivity contribution in [3.8, 4) is 17.2 Å². The van der Waals surface area contributed by atoms with Crippen LogP contribution in [0.5, 0.6) is 17.2 Å². The largest absolute Gasteiger partial charge is 0.505 e. The zero-order chi connectivity index (χ0) is 18.3. The Bertz CT molecular complexity index is 1040. The molecule has 0 amide bonds. The number of ether oxygens (including phenoxy) is 1. The van der Waals surface area contributed by atoms with Gasteiger partial charge in [-0.15, -0.1) is 0 Å². The van der Waals surface area contributed by atoms with E-state index in [1.165, 1.54) is 12.1 Å². The van der Waals surface area contributed by atoms with E-state index in [1.54, 1.807) is 6.07 Å². The lowest BCUT2D eigenvalue weighted by atomic mass is 10.1. The van der Waals surface area contributed by atoms with Crippen LogP contribution in [0.2, 0.25) is 0 Å². The molecule has 3 rings (SSSR count). The molecule has 3 aromatic rings. The molecule has 0 bridgehead atoms. The number of rotatable bonds is 3. The fourth-order valence-corrected chi connectivity index (χ4v) is 2.96. The number of fused-ring (bicyclic) bond motifs is 1. The van der Waals surface area contributed by atoms with E-state index < -0.39 is 23.0 Å². The summed E-state index contributed by atoms with van der Waals surface area (Å²) in [7, 11) is 0. The highest BCUT2D eigenvalue weighted by molar-refractivity contribution is 5.98. The number of hydrogen-bond acceptors (Lipinski definition) is 4. The highest BCUT2D eigenvalue weighted by atomic mass is 16.5. The Balaban J connectivity index is 2.15. The number of benzene rings is 2. The van der Waals surface area contributed by atoms with Gasteiger partial charge in [-0.2, -0.15) is 0 Å². The number of hydrogen-bond donors (Lipinski definition) is 3. The van der Waals surface area contributed by atoms with E-state index >= 15 is 0 Å². The molecule has 1 heterocycles. The summed E-state index contributed by atoms with van der Waals surface area (Å²) in [6.07, 6.45) is 0. The average Bonchev–Trinajstić information content (AvgIpc) is 2.54. The van der Waals surface area contributed by atoms with E-state index in [1.807, 2.05) is 32.9 Å². The fraction of sp³-hybridized carbons (Fsp3) is 0.158. The van der Waals surface area contributed by atoms with E-state index in [-0.39, 0.29) is 10.8 Å². The smallest absolute Gasteiger partial charge is 0.356 e. The van der Waals surface area contributed by atoms with Crippen LogP contribution in [0.25, 0.3) is 10.8 Å². The first kappa shape index (κ1) is 16.6. The molecule has 2 aromatic carbocycles. The second-order valence-corrected chi connectivity index (χ2v) is 6.02. The van der Waals surface area contributed by atoms with Crippen LogP contribution in [0, 0.1) is 20.8 Å². The number of aromatic hydroxyl groups is 1. The third kappa shape index (κ3) is 2.94. The van der Waals surface area contributed by atoms with Crippen molar-refractivity contribution >= 4 is 16.7 Å². The molecule has 0 unspecified atom stereocenters. The molecule has 0 atom stereocenters. The fourth-order valence-electron chi connectivity index (χ4n) is 2.96. The first-order valence-electron chi connectivity index (χ1n) is 7.66. The molecule has 0 spiro atoms. The van der Waals surface area contributed by atoms with Gasteiger partial charge >= 0.3 is 5.97 Å². The number of nitrogens with one attached hydrogen (secondary N) is 1. The molecule has 0 saturated carbocycles. The molecule has 6 heteroatoms. The van der Waals surface area contributed by atoms with Crippen molar-refractivity contribution in [1.29, 1.82) is 0 Å². The Kier molecular flexibility index (Phi) is 3.96. The Hall–Kier alpha value is -3.28. The number of carbonyl (C=O) groups is 1. The predicted octanol–water partition coefficient (Wildman–Crippen LogP) is 3.65. The summed E-state index contributed by atoms with van der Waals surface area (Å²) in [5, 5.41) is 19.6. The number of carboxylic acid groups (broad SMARTS) is 1. The third-order valence-electron chi connectivity index (χ3n) is 4.00. The van der Waals surface area contributed by atoms with Crippen molar-refractivity contribution < 1.29 is 19.7 Å². The molecule has 0 fully saturated rings. The molecular formula is C19H17NO5. The van der Waals surface area contributed by atoms with Gasteiger partial charge in [0.1, 0.15) is 11.5 Å². The highest BCUT2D eigenvalue weighted by Crippen LogP contribution is 2.33. The van der Waals surface area contributed by atoms with Crippen LogP contribution in [-0.4, -0.2) is 21.2 Å². The zero-order valence-electron chi connectivity index (χ0n) is 14.0. The minimum Gasteiger partial charge on any atom is -0.505 e. The van der Waals surface area contributed by atoms with Crippen LogP contribution in [0.4, 0.5) is 0 Å². The number of aromatic amines is 1. The normalized spacial score (nSPS) is 10.8. The molecule has 128 valence electrons. The summed E-state index contributed by atoms with van der Waals surface area (Å²) < 4.78 is 5.93. The third-order valence-corrected chi connectivity index (χ3v) is 4.00. The molecule has 6 nitrogen and oxygen atoms in total. The second-order valence-electron chi connectivity index (χ2n) is 6.02. The van der Waals surface area contributed by atoms with Crippen molar-refractivity contribution in [1.82, 2.24) is 4.98 Å². The lowest BCUT2D eigenvalue weighted by molar-refractivity contribution is 0.0687. The van der Waals surface area contributed by atoms with Gasteiger partial charge in [0.05, 0.1) is 5.39 Å². The van der Waals surface area contributed by atoms with Gasteiger partial charge in [0.15, 0.2) is 11.4 Å². The molecule has 0 aliphatic rings. The van der Waals surface area contributed by atoms with Gasteiger partial charge < -0.3 is 19.9 Å². The first-order valence-corrected chi connectivity index (χ1v) is 7.66. The van der Waals surface area contributed by atoms with Gasteiger partial charge in [0.25, 0.3) is 5.56 Å². The molecule has 0 aliphatic heterocycles. The molecule has 3 N–H and O–H groups in total. The standard InChI is InChI=1S/C19H17NO5/c1-9-6-10(2)17(11(3)7-9)25-12-4-5-13-14(8-12)16(21)15(19(23)24)20-18(13)22/h4-8,21H,1-3H3,(H,20,22)(H,23,24). The summed E-state index contributed by atoms with van der Waals surface area (Å²) in [6, 6.07) is 8.55. The van der Waals surface area contributed by atoms with Crippen molar-refractivity contribution in [3.05, 3.63) is 63.1 Å². The minimum absolute atomic E-state index is 0.126. The van der Waals surface area contributed by atoms with E-state index in [4.69, 9.17) is 9.84 Å². The number of aryl methyl sites for hydroxylation is 3. The van der Waals surface area contributed by atoms with Crippen LogP contribution in [0.3, 0.4) is 0 Å². The van der Waals surface area contributed by atoms with Gasteiger partial charge in [0.2, 0.25) is 0 Å². The number of aromatic carboxylic acids is 1. The topological polar surface area (TPSA) is 99.6 Å². The van der Waals surface area contributed by atoms with E-state index in [0.29, 0.717) is 11.5 Å². The van der Waals surface area contributed by atoms with Crippen LogP contribution in [0.1, 0.15) is 27.2 Å². The summed E-state index contributed by atoms with van der Waals surface area (Å²) in [5.41, 5.74) is 1.91.